The zero-order valence-corrected chi connectivity index (χ0v) is 13.0. The van der Waals surface area contributed by atoms with Gasteiger partial charge in [-0.25, -0.2) is 0 Å². The summed E-state index contributed by atoms with van der Waals surface area (Å²) in [6, 6.07) is 9.76. The van der Waals surface area contributed by atoms with Crippen molar-refractivity contribution in [2.45, 2.75) is 52.0 Å². The number of rotatable bonds is 4. The Hall–Kier alpha value is -1.82. The second kappa shape index (κ2) is 7.26. The van der Waals surface area contributed by atoms with Crippen LogP contribution in [0.15, 0.2) is 24.3 Å². The van der Waals surface area contributed by atoms with Gasteiger partial charge in [-0.1, -0.05) is 31.4 Å². The molecule has 1 aromatic rings. The molecule has 3 heteroatoms. The van der Waals surface area contributed by atoms with E-state index in [-0.39, 0.29) is 12.0 Å². The average Bonchev–Trinajstić information content (AvgIpc) is 2.56. The number of hydrogen-bond donors (Lipinski definition) is 0. The van der Waals surface area contributed by atoms with Crippen LogP contribution in [0.4, 0.5) is 0 Å². The first-order valence-electron chi connectivity index (χ1n) is 7.98. The van der Waals surface area contributed by atoms with Crippen LogP contribution >= 0.6 is 0 Å². The summed E-state index contributed by atoms with van der Waals surface area (Å²) < 4.78 is 0. The van der Waals surface area contributed by atoms with Crippen molar-refractivity contribution >= 4 is 5.91 Å². The highest BCUT2D eigenvalue weighted by atomic mass is 16.2. The van der Waals surface area contributed by atoms with Crippen LogP contribution in [-0.2, 0) is 4.79 Å². The van der Waals surface area contributed by atoms with Crippen molar-refractivity contribution in [1.29, 1.82) is 5.26 Å². The summed E-state index contributed by atoms with van der Waals surface area (Å²) in [6.07, 6.45) is 5.70. The number of benzene rings is 1. The van der Waals surface area contributed by atoms with Crippen molar-refractivity contribution in [2.75, 3.05) is 6.54 Å². The average molecular weight is 284 g/mol. The molecule has 1 aromatic carbocycles. The highest BCUT2D eigenvalue weighted by Crippen LogP contribution is 2.29. The number of nitriles is 1. The lowest BCUT2D eigenvalue weighted by Gasteiger charge is -2.33. The standard InChI is InChI=1S/C18H24N2O/c1-3-20(18(21)17-7-5-4-6-8-17)14(2)16-11-9-15(13-19)10-12-16/h9-12,14,17H,3-8H2,1-2H3. The molecule has 3 nitrogen and oxygen atoms in total. The summed E-state index contributed by atoms with van der Waals surface area (Å²) in [5, 5.41) is 8.87. The van der Waals surface area contributed by atoms with E-state index in [1.807, 2.05) is 36.1 Å². The van der Waals surface area contributed by atoms with E-state index in [1.54, 1.807) is 0 Å². The monoisotopic (exact) mass is 284 g/mol. The van der Waals surface area contributed by atoms with E-state index in [0.29, 0.717) is 11.5 Å². The fourth-order valence-electron chi connectivity index (χ4n) is 3.22. The van der Waals surface area contributed by atoms with Crippen LogP contribution < -0.4 is 0 Å². The first-order chi connectivity index (χ1) is 10.2. The molecule has 1 aliphatic carbocycles. The molecule has 2 rings (SSSR count). The molecule has 1 unspecified atom stereocenters. The summed E-state index contributed by atoms with van der Waals surface area (Å²) in [5.41, 5.74) is 1.76. The minimum atomic E-state index is 0.0668. The van der Waals surface area contributed by atoms with E-state index >= 15 is 0 Å². The SMILES string of the molecule is CCN(C(=O)C1CCCCC1)C(C)c1ccc(C#N)cc1. The van der Waals surface area contributed by atoms with Crippen LogP contribution in [0.3, 0.4) is 0 Å². The van der Waals surface area contributed by atoms with E-state index in [9.17, 15) is 4.79 Å². The minimum absolute atomic E-state index is 0.0668. The first-order valence-corrected chi connectivity index (χ1v) is 7.98. The van der Waals surface area contributed by atoms with Crippen molar-refractivity contribution in [1.82, 2.24) is 4.90 Å². The van der Waals surface area contributed by atoms with Gasteiger partial charge in [0, 0.05) is 12.5 Å². The highest BCUT2D eigenvalue weighted by Gasteiger charge is 2.28. The van der Waals surface area contributed by atoms with Crippen molar-refractivity contribution in [3.63, 3.8) is 0 Å². The molecule has 0 aliphatic heterocycles. The molecular weight excluding hydrogens is 260 g/mol. The van der Waals surface area contributed by atoms with E-state index in [2.05, 4.69) is 13.0 Å². The second-order valence-electron chi connectivity index (χ2n) is 5.87. The van der Waals surface area contributed by atoms with E-state index in [4.69, 9.17) is 5.26 Å². The zero-order chi connectivity index (χ0) is 15.2. The van der Waals surface area contributed by atoms with E-state index in [1.165, 1.54) is 19.3 Å². The predicted octanol–water partition coefficient (Wildman–Crippen LogP) is 4.05. The third kappa shape index (κ3) is 3.64. The molecule has 0 aromatic heterocycles. The van der Waals surface area contributed by atoms with Crippen molar-refractivity contribution < 1.29 is 4.79 Å². The largest absolute Gasteiger partial charge is 0.336 e. The van der Waals surface area contributed by atoms with Crippen LogP contribution in [0, 0.1) is 17.2 Å². The molecule has 0 bridgehead atoms. The molecule has 112 valence electrons. The van der Waals surface area contributed by atoms with Gasteiger partial charge in [0.25, 0.3) is 0 Å². The maximum Gasteiger partial charge on any atom is 0.226 e. The van der Waals surface area contributed by atoms with Gasteiger partial charge < -0.3 is 4.90 Å². The van der Waals surface area contributed by atoms with Gasteiger partial charge in [-0.05, 0) is 44.4 Å². The van der Waals surface area contributed by atoms with Gasteiger partial charge in [0.05, 0.1) is 17.7 Å². The van der Waals surface area contributed by atoms with Gasteiger partial charge in [-0.3, -0.25) is 4.79 Å². The smallest absolute Gasteiger partial charge is 0.226 e. The third-order valence-electron chi connectivity index (χ3n) is 4.57. The topological polar surface area (TPSA) is 44.1 Å². The van der Waals surface area contributed by atoms with Crippen molar-refractivity contribution in [3.05, 3.63) is 35.4 Å². The van der Waals surface area contributed by atoms with Crippen LogP contribution in [0.5, 0.6) is 0 Å². The van der Waals surface area contributed by atoms with Crippen molar-refractivity contribution in [3.8, 4) is 6.07 Å². The zero-order valence-electron chi connectivity index (χ0n) is 13.0. The quantitative estimate of drug-likeness (QED) is 0.837. The van der Waals surface area contributed by atoms with Gasteiger partial charge in [-0.2, -0.15) is 5.26 Å². The lowest BCUT2D eigenvalue weighted by atomic mass is 9.87. The molecular formula is C18H24N2O. The molecule has 0 spiro atoms. The molecule has 1 amide bonds. The normalized spacial score (nSPS) is 17.0. The Morgan fingerprint density at radius 2 is 1.90 bits per heavy atom. The molecule has 1 atom stereocenters. The first kappa shape index (κ1) is 15.6. The summed E-state index contributed by atoms with van der Waals surface area (Å²) >= 11 is 0. The molecule has 21 heavy (non-hydrogen) atoms. The lowest BCUT2D eigenvalue weighted by Crippen LogP contribution is -2.38. The molecule has 1 aliphatic rings. The number of amides is 1. The van der Waals surface area contributed by atoms with E-state index in [0.717, 1.165) is 24.9 Å². The number of carbonyl (C=O) groups excluding carboxylic acids is 1. The Morgan fingerprint density at radius 3 is 2.43 bits per heavy atom. The summed E-state index contributed by atoms with van der Waals surface area (Å²) in [4.78, 5) is 14.7. The lowest BCUT2D eigenvalue weighted by molar-refractivity contribution is -0.138. The van der Waals surface area contributed by atoms with Gasteiger partial charge in [0.15, 0.2) is 0 Å². The number of hydrogen-bond acceptors (Lipinski definition) is 2. The maximum atomic E-state index is 12.7. The van der Waals surface area contributed by atoms with Gasteiger partial charge >= 0.3 is 0 Å². The van der Waals surface area contributed by atoms with Crippen LogP contribution in [0.1, 0.15) is 63.1 Å². The molecule has 0 N–H and O–H groups in total. The Bertz CT molecular complexity index is 509. The summed E-state index contributed by atoms with van der Waals surface area (Å²) in [7, 11) is 0. The summed E-state index contributed by atoms with van der Waals surface area (Å²) in [5.74, 6) is 0.508. The molecule has 1 saturated carbocycles. The predicted molar refractivity (Wildman–Crippen MR) is 83.5 cm³/mol. The highest BCUT2D eigenvalue weighted by molar-refractivity contribution is 5.79. The fraction of sp³-hybridized carbons (Fsp3) is 0.556. The second-order valence-corrected chi connectivity index (χ2v) is 5.87. The van der Waals surface area contributed by atoms with Gasteiger partial charge in [0.2, 0.25) is 5.91 Å². The van der Waals surface area contributed by atoms with Crippen molar-refractivity contribution in [2.24, 2.45) is 5.92 Å². The summed E-state index contributed by atoms with van der Waals surface area (Å²) in [6.45, 7) is 4.85. The van der Waals surface area contributed by atoms with Gasteiger partial charge in [-0.15, -0.1) is 0 Å². The minimum Gasteiger partial charge on any atom is -0.336 e. The third-order valence-corrected chi connectivity index (χ3v) is 4.57. The van der Waals surface area contributed by atoms with Crippen LogP contribution in [-0.4, -0.2) is 17.4 Å². The molecule has 0 heterocycles. The Labute approximate surface area is 127 Å². The Balaban J connectivity index is 2.11. The Kier molecular flexibility index (Phi) is 5.38. The fourth-order valence-corrected chi connectivity index (χ4v) is 3.22. The molecule has 0 radical (unpaired) electrons. The Morgan fingerprint density at radius 1 is 1.29 bits per heavy atom. The van der Waals surface area contributed by atoms with Crippen LogP contribution in [0.25, 0.3) is 0 Å². The number of carbonyl (C=O) groups is 1. The van der Waals surface area contributed by atoms with Crippen LogP contribution in [0.2, 0.25) is 0 Å². The van der Waals surface area contributed by atoms with Gasteiger partial charge in [0.1, 0.15) is 0 Å². The molecule has 1 fully saturated rings. The molecule has 0 saturated heterocycles. The maximum absolute atomic E-state index is 12.7. The number of nitrogens with zero attached hydrogens (tertiary/aromatic N) is 2. The van der Waals surface area contributed by atoms with E-state index < -0.39 is 0 Å².